The number of phenols is 1. The number of rotatable bonds is 3. The van der Waals surface area contributed by atoms with Crippen LogP contribution in [0, 0.1) is 0 Å². The van der Waals surface area contributed by atoms with Crippen molar-refractivity contribution in [1.29, 1.82) is 0 Å². The lowest BCUT2D eigenvalue weighted by atomic mass is 10.2. The topological polar surface area (TPSA) is 57.5 Å². The molecule has 0 saturated carbocycles. The summed E-state index contributed by atoms with van der Waals surface area (Å²) in [7, 11) is 0. The van der Waals surface area contributed by atoms with Gasteiger partial charge in [0.25, 0.3) is 0 Å². The van der Waals surface area contributed by atoms with Gasteiger partial charge in [-0.25, -0.2) is 4.98 Å². The number of para-hydroxylation sites is 1. The summed E-state index contributed by atoms with van der Waals surface area (Å²) in [4.78, 5) is 4.42. The molecule has 0 aliphatic carbocycles. The van der Waals surface area contributed by atoms with Crippen LogP contribution < -0.4 is 5.43 Å². The number of nitrogens with one attached hydrogen (secondary N) is 1. The Morgan fingerprint density at radius 3 is 2.90 bits per heavy atom. The minimum absolute atomic E-state index is 0.210. The van der Waals surface area contributed by atoms with Gasteiger partial charge in [0.2, 0.25) is 5.13 Å². The predicted octanol–water partition coefficient (Wildman–Crippen LogP) is 4.21. The number of halogens is 1. The van der Waals surface area contributed by atoms with Crippen molar-refractivity contribution in [3.8, 4) is 5.75 Å². The fourth-order valence-corrected chi connectivity index (χ4v) is 2.90. The third-order valence-electron chi connectivity index (χ3n) is 2.64. The molecular weight excluding hydrogens is 338 g/mol. The lowest BCUT2D eigenvalue weighted by Gasteiger charge is -1.98. The third-order valence-corrected chi connectivity index (χ3v) is 4.22. The zero-order valence-corrected chi connectivity index (χ0v) is 12.6. The van der Waals surface area contributed by atoms with Crippen molar-refractivity contribution in [2.75, 3.05) is 5.43 Å². The molecule has 100 valence electrons. The third kappa shape index (κ3) is 2.81. The van der Waals surface area contributed by atoms with Crippen LogP contribution in [-0.2, 0) is 0 Å². The number of phenolic OH excluding ortho intramolecular Hbond substituents is 1. The quantitative estimate of drug-likeness (QED) is 0.551. The molecule has 0 fully saturated rings. The summed E-state index contributed by atoms with van der Waals surface area (Å²) < 4.78 is 1.76. The molecule has 20 heavy (non-hydrogen) atoms. The molecule has 1 aromatic heterocycles. The Bertz CT molecular complexity index is 752. The summed E-state index contributed by atoms with van der Waals surface area (Å²) in [6.45, 7) is 0. The summed E-state index contributed by atoms with van der Waals surface area (Å²) in [6.07, 6.45) is 1.68. The van der Waals surface area contributed by atoms with Crippen molar-refractivity contribution < 1.29 is 5.11 Å². The van der Waals surface area contributed by atoms with Crippen LogP contribution in [0.4, 0.5) is 5.13 Å². The van der Waals surface area contributed by atoms with Gasteiger partial charge in [-0.15, -0.1) is 0 Å². The van der Waals surface area contributed by atoms with Crippen LogP contribution >= 0.6 is 27.3 Å². The van der Waals surface area contributed by atoms with E-state index in [9.17, 15) is 5.11 Å². The van der Waals surface area contributed by atoms with Crippen LogP contribution in [0.15, 0.2) is 52.0 Å². The monoisotopic (exact) mass is 347 g/mol. The van der Waals surface area contributed by atoms with Crippen LogP contribution in [0.2, 0.25) is 0 Å². The number of hydrogen-bond donors (Lipinski definition) is 2. The minimum atomic E-state index is 0.210. The molecule has 3 aromatic rings. The Hall–Kier alpha value is -1.92. The van der Waals surface area contributed by atoms with Crippen molar-refractivity contribution >= 4 is 48.8 Å². The number of aromatic nitrogens is 1. The highest BCUT2D eigenvalue weighted by atomic mass is 79.9. The average Bonchev–Trinajstić information content (AvgIpc) is 2.85. The van der Waals surface area contributed by atoms with E-state index in [0.29, 0.717) is 4.47 Å². The predicted molar refractivity (Wildman–Crippen MR) is 86.6 cm³/mol. The van der Waals surface area contributed by atoms with Gasteiger partial charge < -0.3 is 5.11 Å². The lowest BCUT2D eigenvalue weighted by molar-refractivity contribution is 0.472. The van der Waals surface area contributed by atoms with E-state index in [4.69, 9.17) is 0 Å². The van der Waals surface area contributed by atoms with Crippen molar-refractivity contribution in [3.63, 3.8) is 0 Å². The molecule has 0 saturated heterocycles. The number of thiazole rings is 1. The molecule has 0 radical (unpaired) electrons. The maximum absolute atomic E-state index is 9.41. The second kappa shape index (κ2) is 5.60. The molecule has 3 rings (SSSR count). The van der Waals surface area contributed by atoms with Crippen molar-refractivity contribution in [1.82, 2.24) is 4.98 Å². The highest BCUT2D eigenvalue weighted by molar-refractivity contribution is 9.10. The fourth-order valence-electron chi connectivity index (χ4n) is 1.69. The van der Waals surface area contributed by atoms with Gasteiger partial charge in [-0.1, -0.05) is 23.5 Å². The molecule has 4 nitrogen and oxygen atoms in total. The van der Waals surface area contributed by atoms with Crippen LogP contribution in [0.3, 0.4) is 0 Å². The summed E-state index contributed by atoms with van der Waals surface area (Å²) in [5, 5.41) is 14.3. The first-order valence-electron chi connectivity index (χ1n) is 5.85. The summed E-state index contributed by atoms with van der Waals surface area (Å²) in [6, 6.07) is 13.1. The minimum Gasteiger partial charge on any atom is -0.507 e. The molecule has 0 bridgehead atoms. The average molecular weight is 348 g/mol. The molecule has 0 spiro atoms. The zero-order valence-electron chi connectivity index (χ0n) is 10.2. The molecule has 0 aliphatic rings. The number of nitrogens with zero attached hydrogens (tertiary/aromatic N) is 2. The molecule has 0 atom stereocenters. The first-order chi connectivity index (χ1) is 9.72. The van der Waals surface area contributed by atoms with E-state index in [0.717, 1.165) is 20.9 Å². The van der Waals surface area contributed by atoms with E-state index >= 15 is 0 Å². The van der Waals surface area contributed by atoms with Crippen molar-refractivity contribution in [2.24, 2.45) is 5.10 Å². The Morgan fingerprint density at radius 2 is 2.10 bits per heavy atom. The fraction of sp³-hybridized carbons (Fsp3) is 0. The SMILES string of the molecule is Oc1ccc(/C=N/Nc2nc3ccccc3s2)cc1Br. The molecule has 0 unspecified atom stereocenters. The van der Waals surface area contributed by atoms with Gasteiger partial charge in [-0.2, -0.15) is 5.10 Å². The molecule has 2 aromatic carbocycles. The molecule has 0 amide bonds. The maximum atomic E-state index is 9.41. The second-order valence-electron chi connectivity index (χ2n) is 4.07. The van der Waals surface area contributed by atoms with Gasteiger partial charge in [0.15, 0.2) is 0 Å². The van der Waals surface area contributed by atoms with Crippen LogP contribution in [-0.4, -0.2) is 16.3 Å². The smallest absolute Gasteiger partial charge is 0.204 e. The van der Waals surface area contributed by atoms with Gasteiger partial charge >= 0.3 is 0 Å². The van der Waals surface area contributed by atoms with E-state index in [1.807, 2.05) is 24.3 Å². The number of hydrogen-bond acceptors (Lipinski definition) is 5. The largest absolute Gasteiger partial charge is 0.507 e. The molecule has 0 aliphatic heterocycles. The second-order valence-corrected chi connectivity index (χ2v) is 5.95. The van der Waals surface area contributed by atoms with E-state index < -0.39 is 0 Å². The highest BCUT2D eigenvalue weighted by Crippen LogP contribution is 2.25. The van der Waals surface area contributed by atoms with E-state index in [-0.39, 0.29) is 5.75 Å². The number of aromatic hydroxyl groups is 1. The number of anilines is 1. The number of benzene rings is 2. The van der Waals surface area contributed by atoms with Gasteiger partial charge in [0, 0.05) is 0 Å². The van der Waals surface area contributed by atoms with E-state index in [1.165, 1.54) is 0 Å². The first kappa shape index (κ1) is 13.1. The summed E-state index contributed by atoms with van der Waals surface area (Å²) in [5.74, 6) is 0.210. The van der Waals surface area contributed by atoms with E-state index in [1.54, 1.807) is 35.8 Å². The molecule has 2 N–H and O–H groups in total. The number of hydrazone groups is 1. The Labute approximate surface area is 127 Å². The maximum Gasteiger partial charge on any atom is 0.204 e. The van der Waals surface area contributed by atoms with Gasteiger partial charge in [-0.3, -0.25) is 5.43 Å². The first-order valence-corrected chi connectivity index (χ1v) is 7.46. The summed E-state index contributed by atoms with van der Waals surface area (Å²) >= 11 is 4.82. The Balaban J connectivity index is 1.75. The van der Waals surface area contributed by atoms with Crippen LogP contribution in [0.25, 0.3) is 10.2 Å². The van der Waals surface area contributed by atoms with Gasteiger partial charge in [0.1, 0.15) is 5.75 Å². The van der Waals surface area contributed by atoms with Gasteiger partial charge in [-0.05, 0) is 51.8 Å². The normalized spacial score (nSPS) is 11.2. The van der Waals surface area contributed by atoms with Crippen LogP contribution in [0.1, 0.15) is 5.56 Å². The van der Waals surface area contributed by atoms with E-state index in [2.05, 4.69) is 31.4 Å². The molecular formula is C14H10BrN3OS. The molecule has 1 heterocycles. The standard InChI is InChI=1S/C14H10BrN3OS/c15-10-7-9(5-6-12(10)19)8-16-18-14-17-11-3-1-2-4-13(11)20-14/h1-8,19H,(H,17,18)/b16-8+. The Morgan fingerprint density at radius 1 is 1.25 bits per heavy atom. The highest BCUT2D eigenvalue weighted by Gasteiger charge is 2.01. The molecule has 6 heteroatoms. The van der Waals surface area contributed by atoms with Crippen LogP contribution in [0.5, 0.6) is 5.75 Å². The van der Waals surface area contributed by atoms with Gasteiger partial charge in [0.05, 0.1) is 20.9 Å². The zero-order chi connectivity index (χ0) is 13.9. The lowest BCUT2D eigenvalue weighted by Crippen LogP contribution is -1.89. The van der Waals surface area contributed by atoms with Crippen molar-refractivity contribution in [2.45, 2.75) is 0 Å². The van der Waals surface area contributed by atoms with Crippen molar-refractivity contribution in [3.05, 3.63) is 52.5 Å². The summed E-state index contributed by atoms with van der Waals surface area (Å²) in [5.41, 5.74) is 4.75. The number of fused-ring (bicyclic) bond motifs is 1. The Kier molecular flexibility index (Phi) is 3.66.